The van der Waals surface area contributed by atoms with E-state index >= 15 is 0 Å². The molecule has 2 heterocycles. The van der Waals surface area contributed by atoms with E-state index in [-0.39, 0.29) is 5.60 Å². The number of imidazole rings is 1. The second-order valence-electron chi connectivity index (χ2n) is 5.94. The lowest BCUT2D eigenvalue weighted by Crippen LogP contribution is -2.27. The average molecular weight is 263 g/mol. The molecule has 19 heavy (non-hydrogen) atoms. The van der Waals surface area contributed by atoms with Crippen molar-refractivity contribution in [3.63, 3.8) is 0 Å². The molecule has 1 aliphatic heterocycles. The zero-order chi connectivity index (χ0) is 13.1. The van der Waals surface area contributed by atoms with Gasteiger partial charge in [0.25, 0.3) is 0 Å². The number of rotatable bonds is 5. The van der Waals surface area contributed by atoms with Crippen LogP contribution in [-0.2, 0) is 17.8 Å². The first-order valence-electron chi connectivity index (χ1n) is 7.70. The zero-order valence-corrected chi connectivity index (χ0v) is 11.9. The van der Waals surface area contributed by atoms with Crippen molar-refractivity contribution in [3.8, 4) is 0 Å². The zero-order valence-electron chi connectivity index (χ0n) is 11.9. The number of hydrogen-bond acceptors (Lipinski definition) is 3. The van der Waals surface area contributed by atoms with Gasteiger partial charge in [0.05, 0.1) is 24.8 Å². The molecule has 0 bridgehead atoms. The first-order chi connectivity index (χ1) is 9.31. The predicted molar refractivity (Wildman–Crippen MR) is 74.9 cm³/mol. The molecule has 1 unspecified atom stereocenters. The van der Waals surface area contributed by atoms with Crippen molar-refractivity contribution in [1.82, 2.24) is 14.9 Å². The first kappa shape index (κ1) is 13.1. The minimum Gasteiger partial charge on any atom is -0.370 e. The van der Waals surface area contributed by atoms with Gasteiger partial charge < -0.3 is 14.6 Å². The van der Waals surface area contributed by atoms with Gasteiger partial charge in [0, 0.05) is 12.4 Å². The smallest absolute Gasteiger partial charge is 0.122 e. The summed E-state index contributed by atoms with van der Waals surface area (Å²) < 4.78 is 8.62. The Hall–Kier alpha value is -0.870. The molecule has 1 saturated heterocycles. The highest BCUT2D eigenvalue weighted by Gasteiger charge is 2.42. The van der Waals surface area contributed by atoms with E-state index in [1.807, 2.05) is 6.20 Å². The lowest BCUT2D eigenvalue weighted by Gasteiger charge is -2.24. The number of hydrogen-bond donors (Lipinski definition) is 1. The average Bonchev–Trinajstić information content (AvgIpc) is 3.12. The van der Waals surface area contributed by atoms with Crippen LogP contribution < -0.4 is 5.32 Å². The summed E-state index contributed by atoms with van der Waals surface area (Å²) in [5.74, 6) is 1.12. The highest BCUT2D eigenvalue weighted by atomic mass is 16.5. The molecule has 106 valence electrons. The molecule has 0 aromatic carbocycles. The van der Waals surface area contributed by atoms with Crippen LogP contribution in [0.5, 0.6) is 0 Å². The van der Waals surface area contributed by atoms with Crippen LogP contribution in [0.3, 0.4) is 0 Å². The van der Waals surface area contributed by atoms with E-state index in [0.29, 0.717) is 6.10 Å². The van der Waals surface area contributed by atoms with Crippen molar-refractivity contribution in [3.05, 3.63) is 18.2 Å². The summed E-state index contributed by atoms with van der Waals surface area (Å²) in [7, 11) is 0. The van der Waals surface area contributed by atoms with Crippen molar-refractivity contribution in [2.75, 3.05) is 6.54 Å². The Morgan fingerprint density at radius 3 is 3.05 bits per heavy atom. The van der Waals surface area contributed by atoms with Gasteiger partial charge in [-0.25, -0.2) is 4.98 Å². The highest BCUT2D eigenvalue weighted by molar-refractivity contribution is 4.96. The number of aromatic nitrogens is 2. The summed E-state index contributed by atoms with van der Waals surface area (Å²) >= 11 is 0. The van der Waals surface area contributed by atoms with Crippen LogP contribution in [0.15, 0.2) is 12.4 Å². The summed E-state index contributed by atoms with van der Waals surface area (Å²) in [6.45, 7) is 4.91. The van der Waals surface area contributed by atoms with Crippen molar-refractivity contribution in [2.24, 2.45) is 0 Å². The van der Waals surface area contributed by atoms with E-state index in [0.717, 1.165) is 25.5 Å². The summed E-state index contributed by atoms with van der Waals surface area (Å²) in [6, 6.07) is 0. The van der Waals surface area contributed by atoms with Crippen LogP contribution in [0.1, 0.15) is 51.3 Å². The van der Waals surface area contributed by atoms with Gasteiger partial charge in [0.15, 0.2) is 0 Å². The standard InChI is InChI=1S/C15H25N3O/c1-2-16-11-14-17-9-10-18(14)12-13-5-8-15(19-13)6-3-4-7-15/h9-10,13,16H,2-8,11-12H2,1H3. The van der Waals surface area contributed by atoms with Crippen LogP contribution in [-0.4, -0.2) is 27.8 Å². The lowest BCUT2D eigenvalue weighted by molar-refractivity contribution is -0.0420. The molecule has 0 amide bonds. The lowest BCUT2D eigenvalue weighted by atomic mass is 9.98. The molecule has 4 nitrogen and oxygen atoms in total. The Morgan fingerprint density at radius 1 is 1.42 bits per heavy atom. The third-order valence-corrected chi connectivity index (χ3v) is 4.59. The molecule has 1 saturated carbocycles. The van der Waals surface area contributed by atoms with Gasteiger partial charge in [0.2, 0.25) is 0 Å². The summed E-state index contributed by atoms with van der Waals surface area (Å²) in [6.07, 6.45) is 12.1. The largest absolute Gasteiger partial charge is 0.370 e. The molecule has 0 radical (unpaired) electrons. The van der Waals surface area contributed by atoms with E-state index in [1.165, 1.54) is 38.5 Å². The van der Waals surface area contributed by atoms with Crippen LogP contribution in [0.25, 0.3) is 0 Å². The maximum Gasteiger partial charge on any atom is 0.122 e. The molecular weight excluding hydrogens is 238 g/mol. The summed E-state index contributed by atoms with van der Waals surface area (Å²) in [4.78, 5) is 4.43. The number of nitrogens with one attached hydrogen (secondary N) is 1. The van der Waals surface area contributed by atoms with Gasteiger partial charge in [-0.3, -0.25) is 0 Å². The van der Waals surface area contributed by atoms with Gasteiger partial charge in [-0.2, -0.15) is 0 Å². The number of ether oxygens (including phenoxy) is 1. The summed E-state index contributed by atoms with van der Waals surface area (Å²) in [5, 5.41) is 3.34. The SMILES string of the molecule is CCNCc1nccn1CC1CCC2(CCCC2)O1. The molecule has 2 fully saturated rings. The van der Waals surface area contributed by atoms with Crippen molar-refractivity contribution in [1.29, 1.82) is 0 Å². The first-order valence-corrected chi connectivity index (χ1v) is 7.70. The second kappa shape index (κ2) is 5.63. The minimum atomic E-state index is 0.243. The van der Waals surface area contributed by atoms with E-state index in [4.69, 9.17) is 4.74 Å². The van der Waals surface area contributed by atoms with Gasteiger partial charge in [-0.1, -0.05) is 19.8 Å². The van der Waals surface area contributed by atoms with E-state index in [9.17, 15) is 0 Å². The Morgan fingerprint density at radius 2 is 2.26 bits per heavy atom. The monoisotopic (exact) mass is 263 g/mol. The van der Waals surface area contributed by atoms with Crippen molar-refractivity contribution in [2.45, 2.75) is 70.2 Å². The Bertz CT molecular complexity index is 409. The molecule has 1 spiro atoms. The fourth-order valence-corrected chi connectivity index (χ4v) is 3.54. The van der Waals surface area contributed by atoms with Gasteiger partial charge in [-0.05, 0) is 32.2 Å². The van der Waals surface area contributed by atoms with Crippen molar-refractivity contribution >= 4 is 0 Å². The second-order valence-corrected chi connectivity index (χ2v) is 5.94. The highest BCUT2D eigenvalue weighted by Crippen LogP contribution is 2.43. The van der Waals surface area contributed by atoms with Crippen LogP contribution in [0.2, 0.25) is 0 Å². The molecule has 1 atom stereocenters. The Labute approximate surface area is 115 Å². The van der Waals surface area contributed by atoms with Gasteiger partial charge >= 0.3 is 0 Å². The molecule has 4 heteroatoms. The Balaban J connectivity index is 1.58. The predicted octanol–water partition coefficient (Wildman–Crippen LogP) is 2.48. The van der Waals surface area contributed by atoms with Gasteiger partial charge in [0.1, 0.15) is 5.82 Å². The van der Waals surface area contributed by atoms with E-state index < -0.39 is 0 Å². The maximum absolute atomic E-state index is 6.37. The number of nitrogens with zero attached hydrogens (tertiary/aromatic N) is 2. The minimum absolute atomic E-state index is 0.243. The molecule has 1 aromatic rings. The van der Waals surface area contributed by atoms with E-state index in [1.54, 1.807) is 0 Å². The molecule has 2 aliphatic rings. The van der Waals surface area contributed by atoms with Crippen LogP contribution in [0, 0.1) is 0 Å². The normalized spacial score (nSPS) is 25.4. The fraction of sp³-hybridized carbons (Fsp3) is 0.800. The van der Waals surface area contributed by atoms with Crippen LogP contribution in [0.4, 0.5) is 0 Å². The molecule has 1 aromatic heterocycles. The molecule has 3 rings (SSSR count). The van der Waals surface area contributed by atoms with E-state index in [2.05, 4.69) is 28.0 Å². The topological polar surface area (TPSA) is 39.1 Å². The van der Waals surface area contributed by atoms with Gasteiger partial charge in [-0.15, -0.1) is 0 Å². The molecular formula is C15H25N3O. The third kappa shape index (κ3) is 2.84. The van der Waals surface area contributed by atoms with Crippen LogP contribution >= 0.6 is 0 Å². The third-order valence-electron chi connectivity index (χ3n) is 4.59. The maximum atomic E-state index is 6.37. The quantitative estimate of drug-likeness (QED) is 0.887. The fourth-order valence-electron chi connectivity index (χ4n) is 3.54. The molecule has 1 aliphatic carbocycles. The molecule has 1 N–H and O–H groups in total. The van der Waals surface area contributed by atoms with Crippen molar-refractivity contribution < 1.29 is 4.74 Å². The summed E-state index contributed by atoms with van der Waals surface area (Å²) in [5.41, 5.74) is 0.243. The Kier molecular flexibility index (Phi) is 3.89.